The molecular formula is C17H18N2O4. The Morgan fingerprint density at radius 1 is 1.26 bits per heavy atom. The van der Waals surface area contributed by atoms with Crippen LogP contribution in [0.2, 0.25) is 0 Å². The number of aromatic nitrogens is 1. The summed E-state index contributed by atoms with van der Waals surface area (Å²) in [6, 6.07) is 6.91. The second kappa shape index (κ2) is 6.91. The third-order valence-corrected chi connectivity index (χ3v) is 3.51. The highest BCUT2D eigenvalue weighted by Gasteiger charge is 2.22. The second-order valence-electron chi connectivity index (χ2n) is 5.24. The molecule has 1 aromatic heterocycles. The van der Waals surface area contributed by atoms with E-state index in [2.05, 4.69) is 10.5 Å². The van der Waals surface area contributed by atoms with Gasteiger partial charge in [-0.15, -0.1) is 0 Å². The minimum atomic E-state index is -1.00. The van der Waals surface area contributed by atoms with Crippen LogP contribution < -0.4 is 5.32 Å². The number of nitrogens with one attached hydrogen (secondary N) is 1. The van der Waals surface area contributed by atoms with Gasteiger partial charge in [-0.25, -0.2) is 4.79 Å². The summed E-state index contributed by atoms with van der Waals surface area (Å²) in [6.45, 7) is 5.38. The Morgan fingerprint density at radius 3 is 2.43 bits per heavy atom. The van der Waals surface area contributed by atoms with Crippen molar-refractivity contribution in [3.8, 4) is 0 Å². The number of aryl methyl sites for hydroxylation is 2. The summed E-state index contributed by atoms with van der Waals surface area (Å²) in [5.41, 5.74) is 2.88. The van der Waals surface area contributed by atoms with Gasteiger partial charge in [-0.1, -0.05) is 17.3 Å². The molecule has 1 atom stereocenters. The number of carbonyl (C=O) groups is 2. The predicted octanol–water partition coefficient (Wildman–Crippen LogP) is 3.13. The first kappa shape index (κ1) is 16.5. The van der Waals surface area contributed by atoms with Crippen LogP contribution in [0.4, 0.5) is 5.69 Å². The molecule has 2 N–H and O–H groups in total. The molecule has 1 unspecified atom stereocenters. The van der Waals surface area contributed by atoms with Crippen LogP contribution in [0.25, 0.3) is 6.08 Å². The topological polar surface area (TPSA) is 92.4 Å². The van der Waals surface area contributed by atoms with Crippen molar-refractivity contribution in [2.75, 3.05) is 5.32 Å². The highest BCUT2D eigenvalue weighted by atomic mass is 16.5. The van der Waals surface area contributed by atoms with E-state index in [0.29, 0.717) is 17.1 Å². The molecule has 2 rings (SSSR count). The average molecular weight is 314 g/mol. The third-order valence-electron chi connectivity index (χ3n) is 3.51. The lowest BCUT2D eigenvalue weighted by Gasteiger charge is -2.12. The van der Waals surface area contributed by atoms with Gasteiger partial charge < -0.3 is 14.9 Å². The molecule has 6 heteroatoms. The molecule has 0 aliphatic rings. The van der Waals surface area contributed by atoms with Crippen LogP contribution >= 0.6 is 0 Å². The first-order valence-corrected chi connectivity index (χ1v) is 7.13. The molecule has 6 nitrogen and oxygen atoms in total. The van der Waals surface area contributed by atoms with Crippen molar-refractivity contribution in [3.05, 3.63) is 52.9 Å². The second-order valence-corrected chi connectivity index (χ2v) is 5.24. The number of amides is 1. The van der Waals surface area contributed by atoms with Crippen LogP contribution in [0.5, 0.6) is 0 Å². The summed E-state index contributed by atoms with van der Waals surface area (Å²) in [5, 5.41) is 15.3. The van der Waals surface area contributed by atoms with Crippen LogP contribution in [0.15, 0.2) is 34.9 Å². The van der Waals surface area contributed by atoms with E-state index in [1.807, 2.05) is 0 Å². The number of benzene rings is 1. The molecule has 0 spiro atoms. The smallest absolute Gasteiger partial charge is 0.328 e. The SMILES string of the molecule is Cc1noc(C)c1C(C)C(=O)Nc1ccc(C=CC(=O)O)cc1. The molecule has 23 heavy (non-hydrogen) atoms. The fourth-order valence-corrected chi connectivity index (χ4v) is 2.33. The number of aliphatic carboxylic acids is 1. The van der Waals surface area contributed by atoms with E-state index in [1.165, 1.54) is 6.08 Å². The van der Waals surface area contributed by atoms with Crippen molar-refractivity contribution in [3.63, 3.8) is 0 Å². The van der Waals surface area contributed by atoms with Crippen molar-refractivity contribution in [2.45, 2.75) is 26.7 Å². The minimum Gasteiger partial charge on any atom is -0.478 e. The molecule has 120 valence electrons. The Morgan fingerprint density at radius 2 is 1.91 bits per heavy atom. The summed E-state index contributed by atoms with van der Waals surface area (Å²) >= 11 is 0. The monoisotopic (exact) mass is 314 g/mol. The molecule has 0 radical (unpaired) electrons. The zero-order valence-electron chi connectivity index (χ0n) is 13.2. The highest BCUT2D eigenvalue weighted by molar-refractivity contribution is 5.96. The molecule has 0 aliphatic carbocycles. The molecule has 0 aliphatic heterocycles. The van der Waals surface area contributed by atoms with Crippen molar-refractivity contribution < 1.29 is 19.2 Å². The van der Waals surface area contributed by atoms with Gasteiger partial charge in [-0.05, 0) is 44.5 Å². The van der Waals surface area contributed by atoms with Gasteiger partial charge in [0, 0.05) is 17.3 Å². The lowest BCUT2D eigenvalue weighted by Crippen LogP contribution is -2.19. The quantitative estimate of drug-likeness (QED) is 0.827. The maximum atomic E-state index is 12.3. The lowest BCUT2D eigenvalue weighted by atomic mass is 9.98. The minimum absolute atomic E-state index is 0.159. The Bertz CT molecular complexity index is 725. The van der Waals surface area contributed by atoms with Crippen LogP contribution in [-0.4, -0.2) is 22.1 Å². The summed E-state index contributed by atoms with van der Waals surface area (Å²) < 4.78 is 5.09. The zero-order chi connectivity index (χ0) is 17.0. The maximum absolute atomic E-state index is 12.3. The number of carbonyl (C=O) groups excluding carboxylic acids is 1. The van der Waals surface area contributed by atoms with Gasteiger partial charge in [0.1, 0.15) is 5.76 Å². The first-order chi connectivity index (χ1) is 10.9. The van der Waals surface area contributed by atoms with Crippen molar-refractivity contribution in [2.24, 2.45) is 0 Å². The number of carboxylic acids is 1. The van der Waals surface area contributed by atoms with Crippen molar-refractivity contribution in [1.29, 1.82) is 0 Å². The van der Waals surface area contributed by atoms with E-state index in [9.17, 15) is 9.59 Å². The van der Waals surface area contributed by atoms with Crippen LogP contribution in [0, 0.1) is 13.8 Å². The Balaban J connectivity index is 2.07. The van der Waals surface area contributed by atoms with Crippen molar-refractivity contribution >= 4 is 23.6 Å². The maximum Gasteiger partial charge on any atom is 0.328 e. The van der Waals surface area contributed by atoms with Crippen LogP contribution in [0.1, 0.15) is 35.4 Å². The summed E-state index contributed by atoms with van der Waals surface area (Å²) in [6.07, 6.45) is 2.55. The normalized spacial score (nSPS) is 12.3. The summed E-state index contributed by atoms with van der Waals surface area (Å²) in [4.78, 5) is 22.8. The molecule has 0 bridgehead atoms. The Labute approximate surface area is 133 Å². The third kappa shape index (κ3) is 4.06. The fraction of sp³-hybridized carbons (Fsp3) is 0.235. The van der Waals surface area contributed by atoms with E-state index in [0.717, 1.165) is 17.2 Å². The standard InChI is InChI=1S/C17H18N2O4/c1-10(16-11(2)19-23-12(16)3)17(22)18-14-7-4-13(5-8-14)6-9-15(20)21/h4-10H,1-3H3,(H,18,22)(H,20,21). The predicted molar refractivity (Wildman–Crippen MR) is 86.1 cm³/mol. The van der Waals surface area contributed by atoms with Gasteiger partial charge in [0.15, 0.2) is 0 Å². The molecule has 0 saturated carbocycles. The highest BCUT2D eigenvalue weighted by Crippen LogP contribution is 2.24. The Kier molecular flexibility index (Phi) is 4.95. The zero-order valence-corrected chi connectivity index (χ0v) is 13.2. The van der Waals surface area contributed by atoms with Gasteiger partial charge in [-0.2, -0.15) is 0 Å². The van der Waals surface area contributed by atoms with Gasteiger partial charge in [0.25, 0.3) is 0 Å². The van der Waals surface area contributed by atoms with E-state index in [4.69, 9.17) is 9.63 Å². The van der Waals surface area contributed by atoms with E-state index in [-0.39, 0.29) is 11.8 Å². The van der Waals surface area contributed by atoms with E-state index < -0.39 is 5.97 Å². The molecule has 1 amide bonds. The molecular weight excluding hydrogens is 296 g/mol. The number of hydrogen-bond acceptors (Lipinski definition) is 4. The van der Waals surface area contributed by atoms with E-state index in [1.54, 1.807) is 45.0 Å². The summed E-state index contributed by atoms with van der Waals surface area (Å²) in [7, 11) is 0. The van der Waals surface area contributed by atoms with Gasteiger partial charge in [0.2, 0.25) is 5.91 Å². The molecule has 1 aromatic carbocycles. The number of hydrogen-bond donors (Lipinski definition) is 2. The number of rotatable bonds is 5. The van der Waals surface area contributed by atoms with E-state index >= 15 is 0 Å². The molecule has 0 fully saturated rings. The number of nitrogens with zero attached hydrogens (tertiary/aromatic N) is 1. The summed E-state index contributed by atoms with van der Waals surface area (Å²) in [5.74, 6) is -0.906. The van der Waals surface area contributed by atoms with Gasteiger partial charge in [-0.3, -0.25) is 4.79 Å². The molecule has 1 heterocycles. The lowest BCUT2D eigenvalue weighted by molar-refractivity contribution is -0.131. The Hall–Kier alpha value is -2.89. The van der Waals surface area contributed by atoms with Crippen LogP contribution in [0.3, 0.4) is 0 Å². The average Bonchev–Trinajstić information content (AvgIpc) is 2.84. The molecule has 0 saturated heterocycles. The fourth-order valence-electron chi connectivity index (χ4n) is 2.33. The van der Waals surface area contributed by atoms with Crippen LogP contribution in [-0.2, 0) is 9.59 Å². The van der Waals surface area contributed by atoms with Crippen molar-refractivity contribution in [1.82, 2.24) is 5.16 Å². The van der Waals surface area contributed by atoms with Gasteiger partial charge >= 0.3 is 5.97 Å². The number of carboxylic acid groups (broad SMARTS) is 1. The van der Waals surface area contributed by atoms with Gasteiger partial charge in [0.05, 0.1) is 11.6 Å². The molecule has 2 aromatic rings. The largest absolute Gasteiger partial charge is 0.478 e. The number of anilines is 1. The first-order valence-electron chi connectivity index (χ1n) is 7.13.